The zero-order chi connectivity index (χ0) is 9.84. The summed E-state index contributed by atoms with van der Waals surface area (Å²) in [5.41, 5.74) is 7.08. The molecule has 0 aliphatic heterocycles. The van der Waals surface area contributed by atoms with Crippen molar-refractivity contribution in [3.05, 3.63) is 23.5 Å². The van der Waals surface area contributed by atoms with Crippen LogP contribution in [0.1, 0.15) is 18.9 Å². The fourth-order valence-corrected chi connectivity index (χ4v) is 1.25. The number of nitrogens with two attached hydrogens (primary N) is 1. The molecule has 0 radical (unpaired) electrons. The monoisotopic (exact) mass is 183 g/mol. The molecule has 0 heterocycles. The van der Waals surface area contributed by atoms with Gasteiger partial charge in [-0.05, 0) is 18.1 Å². The van der Waals surface area contributed by atoms with Crippen molar-refractivity contribution in [3.63, 3.8) is 0 Å². The molecule has 1 aromatic rings. The Kier molecular flexibility index (Phi) is 3.12. The van der Waals surface area contributed by atoms with Crippen LogP contribution < -0.4 is 10.5 Å². The van der Waals surface area contributed by atoms with Gasteiger partial charge in [-0.15, -0.1) is 0 Å². The Morgan fingerprint density at radius 2 is 2.15 bits per heavy atom. The third kappa shape index (κ3) is 2.11. The van der Waals surface area contributed by atoms with Crippen LogP contribution >= 0.6 is 0 Å². The van der Waals surface area contributed by atoms with E-state index in [4.69, 9.17) is 10.5 Å². The molecule has 2 nitrogen and oxygen atoms in total. The predicted molar refractivity (Wildman–Crippen MR) is 51.4 cm³/mol. The van der Waals surface area contributed by atoms with Crippen LogP contribution in [0.5, 0.6) is 5.75 Å². The summed E-state index contributed by atoms with van der Waals surface area (Å²) in [5, 5.41) is 0. The summed E-state index contributed by atoms with van der Waals surface area (Å²) in [4.78, 5) is 0. The quantitative estimate of drug-likeness (QED) is 0.730. The number of anilines is 1. The van der Waals surface area contributed by atoms with Gasteiger partial charge < -0.3 is 10.5 Å². The molecule has 13 heavy (non-hydrogen) atoms. The van der Waals surface area contributed by atoms with E-state index < -0.39 is 5.82 Å². The van der Waals surface area contributed by atoms with Crippen LogP contribution in [0, 0.1) is 5.82 Å². The fourth-order valence-electron chi connectivity index (χ4n) is 1.25. The van der Waals surface area contributed by atoms with Crippen molar-refractivity contribution in [2.45, 2.75) is 19.8 Å². The molecule has 0 aliphatic rings. The van der Waals surface area contributed by atoms with Crippen molar-refractivity contribution < 1.29 is 9.13 Å². The van der Waals surface area contributed by atoms with Crippen LogP contribution in [-0.2, 0) is 6.42 Å². The molecule has 3 heteroatoms. The highest BCUT2D eigenvalue weighted by Crippen LogP contribution is 2.24. The standard InChI is InChI=1S/C10H14FNO/c1-3-4-7-5-10(13-2)8(11)6-9(7)12/h5-6H,3-4,12H2,1-2H3. The van der Waals surface area contributed by atoms with Gasteiger partial charge in [0.25, 0.3) is 0 Å². The average Bonchev–Trinajstić information content (AvgIpc) is 2.10. The Morgan fingerprint density at radius 3 is 2.69 bits per heavy atom. The minimum Gasteiger partial charge on any atom is -0.494 e. The second-order valence-corrected chi connectivity index (χ2v) is 2.94. The highest BCUT2D eigenvalue weighted by Gasteiger charge is 2.06. The molecule has 0 saturated heterocycles. The van der Waals surface area contributed by atoms with Crippen molar-refractivity contribution in [1.29, 1.82) is 0 Å². The first-order valence-electron chi connectivity index (χ1n) is 4.31. The summed E-state index contributed by atoms with van der Waals surface area (Å²) in [6.45, 7) is 2.05. The van der Waals surface area contributed by atoms with E-state index in [9.17, 15) is 4.39 Å². The second-order valence-electron chi connectivity index (χ2n) is 2.94. The van der Waals surface area contributed by atoms with Gasteiger partial charge in [0, 0.05) is 11.8 Å². The SMILES string of the molecule is CCCc1cc(OC)c(F)cc1N. The summed E-state index contributed by atoms with van der Waals surface area (Å²) in [6, 6.07) is 2.97. The Balaban J connectivity index is 3.06. The van der Waals surface area contributed by atoms with E-state index in [2.05, 4.69) is 6.92 Å². The zero-order valence-electron chi connectivity index (χ0n) is 7.93. The van der Waals surface area contributed by atoms with Gasteiger partial charge in [-0.25, -0.2) is 4.39 Å². The van der Waals surface area contributed by atoms with Crippen LogP contribution in [0.4, 0.5) is 10.1 Å². The number of halogens is 1. The van der Waals surface area contributed by atoms with Crippen LogP contribution in [0.25, 0.3) is 0 Å². The van der Waals surface area contributed by atoms with Crippen LogP contribution in [0.3, 0.4) is 0 Å². The molecule has 2 N–H and O–H groups in total. The summed E-state index contributed by atoms with van der Waals surface area (Å²) < 4.78 is 17.9. The molecule has 0 atom stereocenters. The van der Waals surface area contributed by atoms with Gasteiger partial charge in [0.1, 0.15) is 0 Å². The first-order chi connectivity index (χ1) is 6.19. The van der Waals surface area contributed by atoms with E-state index in [1.54, 1.807) is 6.07 Å². The lowest BCUT2D eigenvalue weighted by Gasteiger charge is -2.08. The van der Waals surface area contributed by atoms with E-state index in [0.717, 1.165) is 18.4 Å². The second kappa shape index (κ2) is 4.12. The first-order valence-corrected chi connectivity index (χ1v) is 4.31. The van der Waals surface area contributed by atoms with Crippen molar-refractivity contribution >= 4 is 5.69 Å². The maximum Gasteiger partial charge on any atom is 0.167 e. The van der Waals surface area contributed by atoms with E-state index in [1.807, 2.05) is 0 Å². The number of ether oxygens (including phenoxy) is 1. The summed E-state index contributed by atoms with van der Waals surface area (Å²) in [6.07, 6.45) is 1.83. The number of benzene rings is 1. The molecule has 1 aromatic carbocycles. The average molecular weight is 183 g/mol. The molecule has 0 fully saturated rings. The van der Waals surface area contributed by atoms with E-state index >= 15 is 0 Å². The molecule has 0 bridgehead atoms. The highest BCUT2D eigenvalue weighted by atomic mass is 19.1. The van der Waals surface area contributed by atoms with Crippen molar-refractivity contribution in [2.24, 2.45) is 0 Å². The molecule has 72 valence electrons. The van der Waals surface area contributed by atoms with Crippen LogP contribution in [0.2, 0.25) is 0 Å². The molecule has 0 spiro atoms. The Morgan fingerprint density at radius 1 is 1.46 bits per heavy atom. The van der Waals surface area contributed by atoms with Gasteiger partial charge in [-0.1, -0.05) is 13.3 Å². The van der Waals surface area contributed by atoms with Gasteiger partial charge >= 0.3 is 0 Å². The molecular formula is C10H14FNO. The van der Waals surface area contributed by atoms with Gasteiger partial charge in [-0.2, -0.15) is 0 Å². The normalized spacial score (nSPS) is 10.1. The van der Waals surface area contributed by atoms with E-state index in [1.165, 1.54) is 13.2 Å². The summed E-state index contributed by atoms with van der Waals surface area (Å²) >= 11 is 0. The lowest BCUT2D eigenvalue weighted by Crippen LogP contribution is -1.98. The van der Waals surface area contributed by atoms with Crippen LogP contribution in [0.15, 0.2) is 12.1 Å². The number of rotatable bonds is 3. The molecule has 0 amide bonds. The zero-order valence-corrected chi connectivity index (χ0v) is 7.93. The van der Waals surface area contributed by atoms with E-state index in [0.29, 0.717) is 5.69 Å². The van der Waals surface area contributed by atoms with Gasteiger partial charge in [0.2, 0.25) is 0 Å². The van der Waals surface area contributed by atoms with Gasteiger partial charge in [-0.3, -0.25) is 0 Å². The Bertz CT molecular complexity index is 299. The number of hydrogen-bond acceptors (Lipinski definition) is 2. The maximum atomic E-state index is 13.1. The molecule has 0 aliphatic carbocycles. The topological polar surface area (TPSA) is 35.2 Å². The minimum absolute atomic E-state index is 0.262. The third-order valence-corrected chi connectivity index (χ3v) is 1.93. The molecule has 1 rings (SSSR count). The molecular weight excluding hydrogens is 169 g/mol. The lowest BCUT2D eigenvalue weighted by molar-refractivity contribution is 0.386. The number of nitrogen functional groups attached to an aromatic ring is 1. The number of hydrogen-bond donors (Lipinski definition) is 1. The first kappa shape index (κ1) is 9.84. The maximum absolute atomic E-state index is 13.1. The van der Waals surface area contributed by atoms with Crippen molar-refractivity contribution in [3.8, 4) is 5.75 Å². The third-order valence-electron chi connectivity index (χ3n) is 1.93. The Labute approximate surface area is 77.5 Å². The van der Waals surface area contributed by atoms with Crippen molar-refractivity contribution in [1.82, 2.24) is 0 Å². The minimum atomic E-state index is -0.403. The number of methoxy groups -OCH3 is 1. The van der Waals surface area contributed by atoms with Gasteiger partial charge in [0.15, 0.2) is 11.6 Å². The molecule has 0 aromatic heterocycles. The summed E-state index contributed by atoms with van der Waals surface area (Å²) in [7, 11) is 1.45. The largest absolute Gasteiger partial charge is 0.494 e. The molecule has 0 saturated carbocycles. The Hall–Kier alpha value is -1.25. The van der Waals surface area contributed by atoms with Crippen LogP contribution in [-0.4, -0.2) is 7.11 Å². The highest BCUT2D eigenvalue weighted by molar-refractivity contribution is 5.51. The lowest BCUT2D eigenvalue weighted by atomic mass is 10.1. The fraction of sp³-hybridized carbons (Fsp3) is 0.400. The smallest absolute Gasteiger partial charge is 0.167 e. The summed E-state index contributed by atoms with van der Waals surface area (Å²) in [5.74, 6) is -0.141. The molecule has 0 unspecified atom stereocenters. The van der Waals surface area contributed by atoms with Gasteiger partial charge in [0.05, 0.1) is 7.11 Å². The van der Waals surface area contributed by atoms with E-state index in [-0.39, 0.29) is 5.75 Å². The van der Waals surface area contributed by atoms with Crippen molar-refractivity contribution in [2.75, 3.05) is 12.8 Å². The number of aryl methyl sites for hydroxylation is 1. The predicted octanol–water partition coefficient (Wildman–Crippen LogP) is 2.37.